The van der Waals surface area contributed by atoms with Crippen LogP contribution in [-0.4, -0.2) is 76.7 Å². The van der Waals surface area contributed by atoms with Gasteiger partial charge in [0.1, 0.15) is 18.1 Å². The topological polar surface area (TPSA) is 98.7 Å². The van der Waals surface area contributed by atoms with Crippen molar-refractivity contribution in [2.24, 2.45) is 4.99 Å². The smallest absolute Gasteiger partial charge is 0.219 e. The van der Waals surface area contributed by atoms with Crippen molar-refractivity contribution in [2.45, 2.75) is 20.4 Å². The third-order valence-corrected chi connectivity index (χ3v) is 4.62. The van der Waals surface area contributed by atoms with Crippen LogP contribution in [0.3, 0.4) is 0 Å². The highest BCUT2D eigenvalue weighted by molar-refractivity contribution is 5.80. The van der Waals surface area contributed by atoms with Gasteiger partial charge in [-0.25, -0.2) is 9.98 Å². The zero-order valence-electron chi connectivity index (χ0n) is 16.6. The van der Waals surface area contributed by atoms with Crippen molar-refractivity contribution < 1.29 is 9.53 Å². The molecule has 9 heteroatoms. The Hall–Kier alpha value is -3.10. The van der Waals surface area contributed by atoms with E-state index >= 15 is 0 Å². The number of amides is 1. The number of nitrogens with zero attached hydrogens (tertiary/aromatic N) is 5. The number of guanidine groups is 1. The van der Waals surface area contributed by atoms with Gasteiger partial charge in [0.15, 0.2) is 11.8 Å². The van der Waals surface area contributed by atoms with Crippen LogP contribution < -0.4 is 10.1 Å². The Bertz CT molecular complexity index is 808. The van der Waals surface area contributed by atoms with Gasteiger partial charge in [-0.05, 0) is 31.2 Å². The molecule has 1 aromatic heterocycles. The summed E-state index contributed by atoms with van der Waals surface area (Å²) in [4.78, 5) is 24.8. The van der Waals surface area contributed by atoms with E-state index in [1.807, 2.05) is 36.1 Å². The third kappa shape index (κ3) is 4.79. The van der Waals surface area contributed by atoms with Gasteiger partial charge in [-0.15, -0.1) is 0 Å². The van der Waals surface area contributed by atoms with Gasteiger partial charge in [-0.3, -0.25) is 9.89 Å². The first-order chi connectivity index (χ1) is 13.6. The van der Waals surface area contributed by atoms with E-state index in [2.05, 4.69) is 30.4 Å². The molecule has 0 saturated carbocycles. The van der Waals surface area contributed by atoms with Gasteiger partial charge in [-0.2, -0.15) is 5.10 Å². The van der Waals surface area contributed by atoms with Crippen LogP contribution in [0.25, 0.3) is 11.4 Å². The molecule has 1 aromatic carbocycles. The number of aromatic nitrogens is 3. The Kier molecular flexibility index (Phi) is 6.46. The van der Waals surface area contributed by atoms with Crippen LogP contribution >= 0.6 is 0 Å². The second-order valence-corrected chi connectivity index (χ2v) is 6.50. The lowest BCUT2D eigenvalue weighted by Crippen LogP contribution is -2.53. The lowest BCUT2D eigenvalue weighted by atomic mass is 10.2. The van der Waals surface area contributed by atoms with Crippen molar-refractivity contribution >= 4 is 11.9 Å². The largest absolute Gasteiger partial charge is 0.497 e. The van der Waals surface area contributed by atoms with Gasteiger partial charge < -0.3 is 19.9 Å². The predicted octanol–water partition coefficient (Wildman–Crippen LogP) is 1.11. The summed E-state index contributed by atoms with van der Waals surface area (Å²) in [5.74, 6) is 3.07. The molecule has 1 saturated heterocycles. The standard InChI is InChI=1S/C19H27N7O2/c1-4-20-19(26-11-9-25(10-12-26)14(2)27)21-13-17-22-18(24-23-17)15-5-7-16(28-3)8-6-15/h5-8H,4,9-13H2,1-3H3,(H,20,21)(H,22,23,24). The van der Waals surface area contributed by atoms with Crippen molar-refractivity contribution in [3.8, 4) is 17.1 Å². The normalized spacial score (nSPS) is 14.9. The summed E-state index contributed by atoms with van der Waals surface area (Å²) in [6, 6.07) is 7.61. The van der Waals surface area contributed by atoms with Crippen molar-refractivity contribution in [3.05, 3.63) is 30.1 Å². The first kappa shape index (κ1) is 19.7. The average Bonchev–Trinajstić information content (AvgIpc) is 3.20. The molecule has 2 N–H and O–H groups in total. The highest BCUT2D eigenvalue weighted by Gasteiger charge is 2.21. The van der Waals surface area contributed by atoms with E-state index in [9.17, 15) is 4.79 Å². The first-order valence-electron chi connectivity index (χ1n) is 9.45. The Labute approximate surface area is 164 Å². The van der Waals surface area contributed by atoms with Gasteiger partial charge >= 0.3 is 0 Å². The molecule has 9 nitrogen and oxygen atoms in total. The Morgan fingerprint density at radius 3 is 2.50 bits per heavy atom. The molecule has 0 aliphatic carbocycles. The molecule has 0 radical (unpaired) electrons. The van der Waals surface area contributed by atoms with Gasteiger partial charge in [0.25, 0.3) is 0 Å². The highest BCUT2D eigenvalue weighted by Crippen LogP contribution is 2.19. The van der Waals surface area contributed by atoms with Gasteiger partial charge in [0, 0.05) is 45.2 Å². The predicted molar refractivity (Wildman–Crippen MR) is 107 cm³/mol. The van der Waals surface area contributed by atoms with E-state index in [0.29, 0.717) is 31.3 Å². The second-order valence-electron chi connectivity index (χ2n) is 6.50. The number of carbonyl (C=O) groups excluding carboxylic acids is 1. The third-order valence-electron chi connectivity index (χ3n) is 4.62. The minimum atomic E-state index is 0.120. The molecule has 0 atom stereocenters. The molecule has 3 rings (SSSR count). The number of hydrogen-bond acceptors (Lipinski definition) is 5. The fourth-order valence-corrected chi connectivity index (χ4v) is 3.04. The first-order valence-corrected chi connectivity index (χ1v) is 9.45. The molecule has 0 unspecified atom stereocenters. The number of piperazine rings is 1. The number of nitrogens with one attached hydrogen (secondary N) is 2. The molecular weight excluding hydrogens is 358 g/mol. The average molecular weight is 385 g/mol. The summed E-state index contributed by atoms with van der Waals surface area (Å²) >= 11 is 0. The number of H-pyrrole nitrogens is 1. The quantitative estimate of drug-likeness (QED) is 0.591. The van der Waals surface area contributed by atoms with Crippen molar-refractivity contribution in [1.29, 1.82) is 0 Å². The summed E-state index contributed by atoms with van der Waals surface area (Å²) in [6.07, 6.45) is 0. The van der Waals surface area contributed by atoms with Crippen LogP contribution in [0.2, 0.25) is 0 Å². The fourth-order valence-electron chi connectivity index (χ4n) is 3.04. The lowest BCUT2D eigenvalue weighted by molar-refractivity contribution is -0.130. The number of aromatic amines is 1. The highest BCUT2D eigenvalue weighted by atomic mass is 16.5. The fraction of sp³-hybridized carbons (Fsp3) is 0.474. The summed E-state index contributed by atoms with van der Waals surface area (Å²) in [7, 11) is 1.64. The number of carbonyl (C=O) groups is 1. The minimum Gasteiger partial charge on any atom is -0.497 e. The summed E-state index contributed by atoms with van der Waals surface area (Å²) in [5.41, 5.74) is 0.916. The van der Waals surface area contributed by atoms with Crippen LogP contribution in [0.15, 0.2) is 29.3 Å². The van der Waals surface area contributed by atoms with Crippen molar-refractivity contribution in [1.82, 2.24) is 30.3 Å². The van der Waals surface area contributed by atoms with Gasteiger partial charge in [-0.1, -0.05) is 0 Å². The maximum atomic E-state index is 11.5. The van der Waals surface area contributed by atoms with E-state index in [4.69, 9.17) is 4.74 Å². The molecule has 2 aromatic rings. The van der Waals surface area contributed by atoms with E-state index in [0.717, 1.165) is 36.9 Å². The van der Waals surface area contributed by atoms with Gasteiger partial charge in [0.05, 0.1) is 7.11 Å². The number of ether oxygens (including phenoxy) is 1. The zero-order chi connectivity index (χ0) is 19.9. The monoisotopic (exact) mass is 385 g/mol. The molecule has 2 heterocycles. The number of methoxy groups -OCH3 is 1. The van der Waals surface area contributed by atoms with Crippen molar-refractivity contribution in [2.75, 3.05) is 39.8 Å². The molecule has 1 aliphatic heterocycles. The lowest BCUT2D eigenvalue weighted by Gasteiger charge is -2.36. The van der Waals surface area contributed by atoms with Crippen LogP contribution in [0.4, 0.5) is 0 Å². The van der Waals surface area contributed by atoms with E-state index in [1.54, 1.807) is 14.0 Å². The molecule has 1 amide bonds. The number of benzene rings is 1. The Balaban J connectivity index is 1.65. The van der Waals surface area contributed by atoms with E-state index < -0.39 is 0 Å². The number of rotatable bonds is 5. The molecule has 1 fully saturated rings. The molecule has 150 valence electrons. The van der Waals surface area contributed by atoms with Crippen molar-refractivity contribution in [3.63, 3.8) is 0 Å². The molecule has 0 bridgehead atoms. The van der Waals surface area contributed by atoms with E-state index in [1.165, 1.54) is 0 Å². The molecule has 0 spiro atoms. The number of hydrogen-bond donors (Lipinski definition) is 2. The maximum Gasteiger partial charge on any atom is 0.219 e. The SMILES string of the molecule is CCNC(=NCc1nc(-c2ccc(OC)cc2)n[nH]1)N1CCN(C(C)=O)CC1. The molecule has 28 heavy (non-hydrogen) atoms. The second kappa shape index (κ2) is 9.20. The zero-order valence-corrected chi connectivity index (χ0v) is 16.6. The number of aliphatic imine (C=N–C) groups is 1. The Morgan fingerprint density at radius 2 is 1.89 bits per heavy atom. The minimum absolute atomic E-state index is 0.120. The summed E-state index contributed by atoms with van der Waals surface area (Å²) < 4.78 is 5.18. The van der Waals surface area contributed by atoms with Gasteiger partial charge in [0.2, 0.25) is 5.91 Å². The Morgan fingerprint density at radius 1 is 1.21 bits per heavy atom. The maximum absolute atomic E-state index is 11.5. The summed E-state index contributed by atoms with van der Waals surface area (Å²) in [5, 5.41) is 10.6. The van der Waals surface area contributed by atoms with Crippen LogP contribution in [0.5, 0.6) is 5.75 Å². The van der Waals surface area contributed by atoms with Crippen LogP contribution in [-0.2, 0) is 11.3 Å². The summed E-state index contributed by atoms with van der Waals surface area (Å²) in [6.45, 7) is 7.78. The van der Waals surface area contributed by atoms with E-state index in [-0.39, 0.29) is 5.91 Å². The molecule has 1 aliphatic rings. The molecular formula is C19H27N7O2. The van der Waals surface area contributed by atoms with Crippen LogP contribution in [0, 0.1) is 0 Å². The van der Waals surface area contributed by atoms with Crippen LogP contribution in [0.1, 0.15) is 19.7 Å².